The zero-order chi connectivity index (χ0) is 22.3. The van der Waals surface area contributed by atoms with Gasteiger partial charge in [-0.1, -0.05) is 77.0 Å². The Bertz CT molecular complexity index is 443. The predicted octanol–water partition coefficient (Wildman–Crippen LogP) is 4.19. The van der Waals surface area contributed by atoms with Gasteiger partial charge in [-0.15, -0.1) is 0 Å². The van der Waals surface area contributed by atoms with Gasteiger partial charge in [0.2, 0.25) is 11.8 Å². The van der Waals surface area contributed by atoms with Gasteiger partial charge in [-0.3, -0.25) is 14.4 Å². The van der Waals surface area contributed by atoms with Crippen LogP contribution in [0.2, 0.25) is 0 Å². The molecule has 7 nitrogen and oxygen atoms in total. The van der Waals surface area contributed by atoms with Crippen molar-refractivity contribution in [3.05, 3.63) is 0 Å². The minimum Gasteiger partial charge on any atom is -0.481 e. The summed E-state index contributed by atoms with van der Waals surface area (Å²) in [7, 11) is 1.56. The lowest BCUT2D eigenvalue weighted by Crippen LogP contribution is -2.29. The Morgan fingerprint density at radius 2 is 1.10 bits per heavy atom. The van der Waals surface area contributed by atoms with E-state index >= 15 is 0 Å². The SMILES string of the molecule is CNC(=O)COCCNC(=O)CCCCCCCCCCCCCCCCC(=O)O. The molecule has 7 heteroatoms. The van der Waals surface area contributed by atoms with Crippen molar-refractivity contribution in [1.29, 1.82) is 0 Å². The number of rotatable bonds is 22. The van der Waals surface area contributed by atoms with Crippen LogP contribution in [-0.4, -0.2) is 49.7 Å². The average molecular weight is 429 g/mol. The zero-order valence-corrected chi connectivity index (χ0v) is 19.0. The molecule has 0 atom stereocenters. The van der Waals surface area contributed by atoms with Crippen LogP contribution in [0.1, 0.15) is 103 Å². The highest BCUT2D eigenvalue weighted by Crippen LogP contribution is 2.13. The molecular formula is C23H44N2O5. The minimum absolute atomic E-state index is 0.0303. The topological polar surface area (TPSA) is 105 Å². The summed E-state index contributed by atoms with van der Waals surface area (Å²) in [5.41, 5.74) is 0. The first-order chi connectivity index (χ1) is 14.6. The summed E-state index contributed by atoms with van der Waals surface area (Å²) < 4.78 is 5.13. The molecule has 0 rings (SSSR count). The molecule has 0 unspecified atom stereocenters. The van der Waals surface area contributed by atoms with E-state index in [9.17, 15) is 14.4 Å². The fourth-order valence-electron chi connectivity index (χ4n) is 3.27. The third kappa shape index (κ3) is 22.7. The van der Waals surface area contributed by atoms with Gasteiger partial charge in [-0.25, -0.2) is 0 Å². The van der Waals surface area contributed by atoms with Crippen LogP contribution in [0.3, 0.4) is 0 Å². The number of carbonyl (C=O) groups excluding carboxylic acids is 2. The average Bonchev–Trinajstić information content (AvgIpc) is 2.72. The largest absolute Gasteiger partial charge is 0.481 e. The van der Waals surface area contributed by atoms with Crippen molar-refractivity contribution < 1.29 is 24.2 Å². The number of carbonyl (C=O) groups is 3. The number of nitrogens with one attached hydrogen (secondary N) is 2. The normalized spacial score (nSPS) is 10.7. The van der Waals surface area contributed by atoms with Gasteiger partial charge in [0, 0.05) is 26.4 Å². The lowest BCUT2D eigenvalue weighted by molar-refractivity contribution is -0.137. The summed E-state index contributed by atoms with van der Waals surface area (Å²) in [6.45, 7) is 0.828. The van der Waals surface area contributed by atoms with E-state index in [0.29, 0.717) is 26.0 Å². The molecule has 0 aliphatic rings. The quantitative estimate of drug-likeness (QED) is 0.224. The Morgan fingerprint density at radius 3 is 1.53 bits per heavy atom. The number of aliphatic carboxylic acids is 1. The van der Waals surface area contributed by atoms with E-state index in [1.165, 1.54) is 57.8 Å². The van der Waals surface area contributed by atoms with Crippen molar-refractivity contribution in [1.82, 2.24) is 10.6 Å². The van der Waals surface area contributed by atoms with Gasteiger partial charge in [-0.2, -0.15) is 0 Å². The van der Waals surface area contributed by atoms with Gasteiger partial charge < -0.3 is 20.5 Å². The van der Waals surface area contributed by atoms with E-state index in [1.807, 2.05) is 0 Å². The van der Waals surface area contributed by atoms with Crippen LogP contribution in [-0.2, 0) is 19.1 Å². The maximum Gasteiger partial charge on any atom is 0.303 e. The number of amides is 2. The second-order valence-electron chi connectivity index (χ2n) is 7.92. The van der Waals surface area contributed by atoms with Crippen LogP contribution in [0, 0.1) is 0 Å². The molecule has 0 aromatic rings. The first kappa shape index (κ1) is 28.4. The van der Waals surface area contributed by atoms with Gasteiger partial charge in [-0.05, 0) is 12.8 Å². The molecule has 176 valence electrons. The van der Waals surface area contributed by atoms with Gasteiger partial charge in [0.05, 0.1) is 6.61 Å². The molecule has 0 fully saturated rings. The number of hydrogen-bond donors (Lipinski definition) is 3. The van der Waals surface area contributed by atoms with E-state index in [2.05, 4.69) is 10.6 Å². The summed E-state index contributed by atoms with van der Waals surface area (Å²) in [6.07, 6.45) is 17.4. The standard InChI is InChI=1S/C23H44N2O5/c1-24-22(27)20-30-19-18-25-21(26)16-14-12-10-8-6-4-2-3-5-7-9-11-13-15-17-23(28)29/h2-20H2,1H3,(H,24,27)(H,25,26)(H,28,29). The Balaban J connectivity index is 3.17. The monoisotopic (exact) mass is 428 g/mol. The molecule has 0 radical (unpaired) electrons. The third-order valence-electron chi connectivity index (χ3n) is 5.13. The highest BCUT2D eigenvalue weighted by molar-refractivity contribution is 5.77. The van der Waals surface area contributed by atoms with Crippen molar-refractivity contribution in [2.75, 3.05) is 26.8 Å². The number of carboxylic acid groups (broad SMARTS) is 1. The zero-order valence-electron chi connectivity index (χ0n) is 19.0. The summed E-state index contributed by atoms with van der Waals surface area (Å²) in [5.74, 6) is -0.790. The number of unbranched alkanes of at least 4 members (excludes halogenated alkanes) is 13. The van der Waals surface area contributed by atoms with Crippen molar-refractivity contribution in [2.24, 2.45) is 0 Å². The van der Waals surface area contributed by atoms with Gasteiger partial charge in [0.25, 0.3) is 0 Å². The van der Waals surface area contributed by atoms with Gasteiger partial charge in [0.1, 0.15) is 6.61 Å². The Labute approximate surface area is 182 Å². The molecule has 0 saturated heterocycles. The van der Waals surface area contributed by atoms with Crippen LogP contribution in [0.5, 0.6) is 0 Å². The van der Waals surface area contributed by atoms with Gasteiger partial charge >= 0.3 is 5.97 Å². The molecule has 0 spiro atoms. The van der Waals surface area contributed by atoms with Crippen LogP contribution >= 0.6 is 0 Å². The second-order valence-corrected chi connectivity index (χ2v) is 7.92. The minimum atomic E-state index is -0.682. The first-order valence-corrected chi connectivity index (χ1v) is 11.8. The molecule has 0 aromatic carbocycles. The summed E-state index contributed by atoms with van der Waals surface area (Å²) >= 11 is 0. The summed E-state index contributed by atoms with van der Waals surface area (Å²) in [6, 6.07) is 0. The molecule has 2 amide bonds. The fourth-order valence-corrected chi connectivity index (χ4v) is 3.27. The lowest BCUT2D eigenvalue weighted by atomic mass is 10.0. The molecule has 0 heterocycles. The number of hydrogen-bond acceptors (Lipinski definition) is 4. The van der Waals surface area contributed by atoms with Crippen molar-refractivity contribution in [3.63, 3.8) is 0 Å². The molecule has 0 aliphatic carbocycles. The van der Waals surface area contributed by atoms with Crippen molar-refractivity contribution >= 4 is 17.8 Å². The van der Waals surface area contributed by atoms with E-state index in [-0.39, 0.29) is 18.4 Å². The predicted molar refractivity (Wildman–Crippen MR) is 119 cm³/mol. The molecule has 30 heavy (non-hydrogen) atoms. The van der Waals surface area contributed by atoms with Crippen LogP contribution in [0.25, 0.3) is 0 Å². The molecule has 0 aliphatic heterocycles. The smallest absolute Gasteiger partial charge is 0.303 e. The van der Waals surface area contributed by atoms with E-state index in [1.54, 1.807) is 7.05 Å². The summed E-state index contributed by atoms with van der Waals surface area (Å²) in [5, 5.41) is 13.9. The Kier molecular flexibility index (Phi) is 20.9. The van der Waals surface area contributed by atoms with Crippen LogP contribution in [0.15, 0.2) is 0 Å². The highest BCUT2D eigenvalue weighted by atomic mass is 16.5. The molecule has 0 saturated carbocycles. The maximum atomic E-state index is 11.7. The first-order valence-electron chi connectivity index (χ1n) is 11.8. The van der Waals surface area contributed by atoms with Crippen LogP contribution < -0.4 is 10.6 Å². The van der Waals surface area contributed by atoms with Crippen molar-refractivity contribution in [3.8, 4) is 0 Å². The molecule has 3 N–H and O–H groups in total. The van der Waals surface area contributed by atoms with E-state index in [0.717, 1.165) is 32.1 Å². The number of likely N-dealkylation sites (N-methyl/N-ethyl adjacent to an activating group) is 1. The van der Waals surface area contributed by atoms with Crippen LogP contribution in [0.4, 0.5) is 0 Å². The van der Waals surface area contributed by atoms with Gasteiger partial charge in [0.15, 0.2) is 0 Å². The highest BCUT2D eigenvalue weighted by Gasteiger charge is 2.02. The molecular weight excluding hydrogens is 384 g/mol. The summed E-state index contributed by atoms with van der Waals surface area (Å²) in [4.78, 5) is 33.1. The Morgan fingerprint density at radius 1 is 0.667 bits per heavy atom. The number of carboxylic acids is 1. The molecule has 0 bridgehead atoms. The maximum absolute atomic E-state index is 11.7. The van der Waals surface area contributed by atoms with E-state index in [4.69, 9.17) is 9.84 Å². The van der Waals surface area contributed by atoms with E-state index < -0.39 is 5.97 Å². The molecule has 0 aromatic heterocycles. The van der Waals surface area contributed by atoms with Crippen molar-refractivity contribution in [2.45, 2.75) is 103 Å². The fraction of sp³-hybridized carbons (Fsp3) is 0.870. The lowest BCUT2D eigenvalue weighted by Gasteiger charge is -2.06. The number of ether oxygens (including phenoxy) is 1. The Hall–Kier alpha value is -1.63. The second kappa shape index (κ2) is 22.1. The third-order valence-corrected chi connectivity index (χ3v) is 5.13.